The molecule has 1 heterocycles. The van der Waals surface area contributed by atoms with Gasteiger partial charge < -0.3 is 9.47 Å². The fourth-order valence-corrected chi connectivity index (χ4v) is 3.18. The average molecular weight is 445 g/mol. The maximum atomic E-state index is 12.3. The Kier molecular flexibility index (Phi) is 7.48. The molecule has 0 atom stereocenters. The molecule has 3 rings (SSSR count). The predicted octanol–water partition coefficient (Wildman–Crippen LogP) is 4.18. The molecule has 9 heteroatoms. The summed E-state index contributed by atoms with van der Waals surface area (Å²) < 4.78 is 12.9. The lowest BCUT2D eigenvalue weighted by Crippen LogP contribution is -2.23. The maximum absolute atomic E-state index is 12.3. The molecule has 0 spiro atoms. The molecule has 0 saturated heterocycles. The third-order valence-corrected chi connectivity index (χ3v) is 5.07. The van der Waals surface area contributed by atoms with Crippen molar-refractivity contribution in [3.05, 3.63) is 74.7 Å². The van der Waals surface area contributed by atoms with Crippen molar-refractivity contribution < 1.29 is 9.47 Å². The van der Waals surface area contributed by atoms with E-state index < -0.39 is 0 Å². The molecular weight excluding hydrogens is 424 g/mol. The van der Waals surface area contributed by atoms with Crippen LogP contribution in [0.3, 0.4) is 0 Å². The van der Waals surface area contributed by atoms with Crippen LogP contribution in [0, 0.1) is 6.92 Å². The average Bonchev–Trinajstić information content (AvgIpc) is 2.75. The largest absolute Gasteiger partial charge is 0.490 e. The highest BCUT2D eigenvalue weighted by Gasteiger charge is 2.10. The maximum Gasteiger partial charge on any atom is 0.296 e. The van der Waals surface area contributed by atoms with Gasteiger partial charge in [0.2, 0.25) is 5.16 Å². The number of hydrogen-bond donors (Lipinski definition) is 0. The molecule has 3 aromatic rings. The minimum absolute atomic E-state index is 0.281. The number of benzene rings is 2. The van der Waals surface area contributed by atoms with E-state index >= 15 is 0 Å². The van der Waals surface area contributed by atoms with E-state index in [4.69, 9.17) is 21.1 Å². The zero-order valence-corrected chi connectivity index (χ0v) is 18.4. The highest BCUT2D eigenvalue weighted by molar-refractivity contribution is 7.98. The van der Waals surface area contributed by atoms with Crippen LogP contribution in [-0.2, 0) is 6.61 Å². The Hall–Kier alpha value is -2.84. The first kappa shape index (κ1) is 21.9. The number of rotatable bonds is 8. The Morgan fingerprint density at radius 1 is 1.17 bits per heavy atom. The molecule has 7 nitrogen and oxygen atoms in total. The lowest BCUT2D eigenvalue weighted by molar-refractivity contribution is 0.269. The van der Waals surface area contributed by atoms with Gasteiger partial charge in [-0.2, -0.15) is 9.78 Å². The van der Waals surface area contributed by atoms with Crippen molar-refractivity contribution in [1.29, 1.82) is 0 Å². The monoisotopic (exact) mass is 444 g/mol. The second kappa shape index (κ2) is 10.3. The van der Waals surface area contributed by atoms with Crippen LogP contribution in [0.15, 0.2) is 57.5 Å². The second-order valence-electron chi connectivity index (χ2n) is 6.15. The minimum atomic E-state index is -0.310. The van der Waals surface area contributed by atoms with Crippen molar-refractivity contribution in [3.8, 4) is 11.5 Å². The van der Waals surface area contributed by atoms with Gasteiger partial charge in [-0.1, -0.05) is 41.6 Å². The van der Waals surface area contributed by atoms with E-state index in [0.29, 0.717) is 34.9 Å². The first-order valence-corrected chi connectivity index (χ1v) is 10.8. The number of thioether (sulfide) groups is 1. The van der Waals surface area contributed by atoms with Crippen LogP contribution in [0.25, 0.3) is 0 Å². The molecule has 30 heavy (non-hydrogen) atoms. The van der Waals surface area contributed by atoms with Gasteiger partial charge in [0, 0.05) is 10.6 Å². The van der Waals surface area contributed by atoms with Gasteiger partial charge >= 0.3 is 0 Å². The molecule has 0 amide bonds. The van der Waals surface area contributed by atoms with E-state index in [1.807, 2.05) is 43.5 Å². The molecule has 156 valence electrons. The molecule has 0 aliphatic heterocycles. The third kappa shape index (κ3) is 5.20. The molecule has 0 fully saturated rings. The van der Waals surface area contributed by atoms with Crippen LogP contribution < -0.4 is 15.0 Å². The summed E-state index contributed by atoms with van der Waals surface area (Å²) in [5.41, 5.74) is 1.60. The van der Waals surface area contributed by atoms with E-state index in [1.165, 1.54) is 16.4 Å². The molecule has 0 radical (unpaired) electrons. The molecule has 0 aliphatic carbocycles. The molecule has 2 aromatic carbocycles. The van der Waals surface area contributed by atoms with Crippen LogP contribution in [0.1, 0.15) is 23.7 Å². The molecule has 0 bridgehead atoms. The second-order valence-corrected chi connectivity index (χ2v) is 7.33. The summed E-state index contributed by atoms with van der Waals surface area (Å²) in [7, 11) is 0. The van der Waals surface area contributed by atoms with Gasteiger partial charge in [0.25, 0.3) is 5.56 Å². The molecular formula is C21H21ClN4O3S. The summed E-state index contributed by atoms with van der Waals surface area (Å²) in [5.74, 6) is 1.17. The van der Waals surface area contributed by atoms with E-state index in [0.717, 1.165) is 11.1 Å². The van der Waals surface area contributed by atoms with Crippen molar-refractivity contribution in [2.75, 3.05) is 12.9 Å². The van der Waals surface area contributed by atoms with Gasteiger partial charge in [0.05, 0.1) is 12.8 Å². The van der Waals surface area contributed by atoms with Gasteiger partial charge in [-0.15, -0.1) is 10.2 Å². The van der Waals surface area contributed by atoms with Crippen LogP contribution in [0.2, 0.25) is 5.02 Å². The fourth-order valence-electron chi connectivity index (χ4n) is 2.56. The van der Waals surface area contributed by atoms with Crippen LogP contribution in [0.4, 0.5) is 0 Å². The summed E-state index contributed by atoms with van der Waals surface area (Å²) >= 11 is 7.49. The first-order chi connectivity index (χ1) is 14.5. The zero-order chi connectivity index (χ0) is 21.5. The van der Waals surface area contributed by atoms with Crippen molar-refractivity contribution in [2.24, 2.45) is 5.10 Å². The standard InChI is InChI=1S/C21H21ClN4O3S/c1-4-28-19-11-15(12-23-26-20(27)14(2)24-25-21(26)30-3)9-10-18(19)29-13-16-7-5-6-8-17(16)22/h5-12H,4,13H2,1-3H3/b23-12-. The highest BCUT2D eigenvalue weighted by Crippen LogP contribution is 2.29. The van der Waals surface area contributed by atoms with Gasteiger partial charge in [-0.05, 0) is 49.9 Å². The summed E-state index contributed by atoms with van der Waals surface area (Å²) in [6.45, 7) is 4.30. The molecule has 1 aromatic heterocycles. The van der Waals surface area contributed by atoms with E-state index in [9.17, 15) is 4.79 Å². The number of hydrogen-bond acceptors (Lipinski definition) is 7. The third-order valence-electron chi connectivity index (χ3n) is 4.08. The molecule has 0 saturated carbocycles. The van der Waals surface area contributed by atoms with Gasteiger partial charge in [0.1, 0.15) is 12.3 Å². The SMILES string of the molecule is CCOc1cc(/C=N\n2c(SC)nnc(C)c2=O)ccc1OCc1ccccc1Cl. The van der Waals surface area contributed by atoms with E-state index in [1.54, 1.807) is 25.3 Å². The topological polar surface area (TPSA) is 78.6 Å². The highest BCUT2D eigenvalue weighted by atomic mass is 35.5. The summed E-state index contributed by atoms with van der Waals surface area (Å²) in [5, 5.41) is 13.2. The van der Waals surface area contributed by atoms with Gasteiger partial charge in [-0.3, -0.25) is 4.79 Å². The zero-order valence-electron chi connectivity index (χ0n) is 16.8. The van der Waals surface area contributed by atoms with E-state index in [-0.39, 0.29) is 11.3 Å². The minimum Gasteiger partial charge on any atom is -0.490 e. The number of aromatic nitrogens is 3. The smallest absolute Gasteiger partial charge is 0.296 e. The van der Waals surface area contributed by atoms with Gasteiger partial charge in [-0.25, -0.2) is 0 Å². The molecule has 0 aliphatic rings. The summed E-state index contributed by atoms with van der Waals surface area (Å²) in [4.78, 5) is 12.3. The quantitative estimate of drug-likeness (QED) is 0.383. The van der Waals surface area contributed by atoms with Crippen molar-refractivity contribution in [2.45, 2.75) is 25.6 Å². The van der Waals surface area contributed by atoms with Crippen LogP contribution >= 0.6 is 23.4 Å². The first-order valence-electron chi connectivity index (χ1n) is 9.21. The Labute approximate surface area is 183 Å². The number of nitrogens with zero attached hydrogens (tertiary/aromatic N) is 4. The number of halogens is 1. The molecule has 0 N–H and O–H groups in total. The normalized spacial score (nSPS) is 11.1. The van der Waals surface area contributed by atoms with Crippen LogP contribution in [-0.4, -0.2) is 34.0 Å². The Bertz CT molecular complexity index is 1120. The Morgan fingerprint density at radius 2 is 1.97 bits per heavy atom. The lowest BCUT2D eigenvalue weighted by atomic mass is 10.2. The Morgan fingerprint density at radius 3 is 2.70 bits per heavy atom. The van der Waals surface area contributed by atoms with Crippen molar-refractivity contribution in [1.82, 2.24) is 14.9 Å². The molecule has 0 unspecified atom stereocenters. The summed E-state index contributed by atoms with van der Waals surface area (Å²) in [6, 6.07) is 13.0. The van der Waals surface area contributed by atoms with Gasteiger partial charge in [0.15, 0.2) is 11.5 Å². The summed E-state index contributed by atoms with van der Waals surface area (Å²) in [6.07, 6.45) is 3.38. The number of ether oxygens (including phenoxy) is 2. The lowest BCUT2D eigenvalue weighted by Gasteiger charge is -2.13. The predicted molar refractivity (Wildman–Crippen MR) is 119 cm³/mol. The number of aryl methyl sites for hydroxylation is 1. The van der Waals surface area contributed by atoms with E-state index in [2.05, 4.69) is 15.3 Å². The van der Waals surface area contributed by atoms with Crippen molar-refractivity contribution >= 4 is 29.6 Å². The van der Waals surface area contributed by atoms with Crippen molar-refractivity contribution in [3.63, 3.8) is 0 Å². The van der Waals surface area contributed by atoms with Crippen LogP contribution in [0.5, 0.6) is 11.5 Å². The fraction of sp³-hybridized carbons (Fsp3) is 0.238. The Balaban J connectivity index is 1.85.